The second kappa shape index (κ2) is 9.68. The number of nitrogens with zero attached hydrogens (tertiary/aromatic N) is 2. The van der Waals surface area contributed by atoms with E-state index < -0.39 is 0 Å². The quantitative estimate of drug-likeness (QED) is 0.772. The standard InChI is InChI=1S/C21H27N3O3S/c1-3-9-22-20(25)16-7-10-24(11-8-16)21(26)17-5-4-6-19(12-17)27-13-18-14-28-15(2)23-18/h4-6,12,14,16H,3,7-11,13H2,1-2H3,(H,22,25). The van der Waals surface area contributed by atoms with E-state index >= 15 is 0 Å². The van der Waals surface area contributed by atoms with Gasteiger partial charge in [-0.05, 0) is 44.4 Å². The highest BCUT2D eigenvalue weighted by Crippen LogP contribution is 2.22. The average Bonchev–Trinajstić information content (AvgIpc) is 3.15. The Morgan fingerprint density at radius 2 is 2.11 bits per heavy atom. The summed E-state index contributed by atoms with van der Waals surface area (Å²) in [5.74, 6) is 0.765. The van der Waals surface area contributed by atoms with Gasteiger partial charge in [-0.15, -0.1) is 11.3 Å². The summed E-state index contributed by atoms with van der Waals surface area (Å²) in [6.07, 6.45) is 2.35. The molecule has 1 aromatic heterocycles. The van der Waals surface area contributed by atoms with Gasteiger partial charge in [0, 0.05) is 36.5 Å². The van der Waals surface area contributed by atoms with Gasteiger partial charge in [0.2, 0.25) is 5.91 Å². The summed E-state index contributed by atoms with van der Waals surface area (Å²) in [4.78, 5) is 31.1. The number of hydrogen-bond acceptors (Lipinski definition) is 5. The Balaban J connectivity index is 1.54. The van der Waals surface area contributed by atoms with Gasteiger partial charge in [-0.3, -0.25) is 9.59 Å². The summed E-state index contributed by atoms with van der Waals surface area (Å²) in [6.45, 7) is 6.31. The van der Waals surface area contributed by atoms with Crippen LogP contribution in [-0.2, 0) is 11.4 Å². The van der Waals surface area contributed by atoms with Crippen molar-refractivity contribution in [2.75, 3.05) is 19.6 Å². The zero-order chi connectivity index (χ0) is 19.9. The maximum absolute atomic E-state index is 12.8. The van der Waals surface area contributed by atoms with E-state index in [0.717, 1.165) is 17.1 Å². The van der Waals surface area contributed by atoms with E-state index in [1.807, 2.05) is 42.3 Å². The Morgan fingerprint density at radius 1 is 1.32 bits per heavy atom. The minimum Gasteiger partial charge on any atom is -0.487 e. The number of nitrogens with one attached hydrogen (secondary N) is 1. The third-order valence-electron chi connectivity index (χ3n) is 4.84. The highest BCUT2D eigenvalue weighted by Gasteiger charge is 2.27. The first-order valence-corrected chi connectivity index (χ1v) is 10.7. The lowest BCUT2D eigenvalue weighted by Crippen LogP contribution is -2.43. The number of carbonyl (C=O) groups is 2. The van der Waals surface area contributed by atoms with Crippen LogP contribution in [0.15, 0.2) is 29.6 Å². The van der Waals surface area contributed by atoms with Crippen LogP contribution in [0.2, 0.25) is 0 Å². The first-order valence-electron chi connectivity index (χ1n) is 9.77. The van der Waals surface area contributed by atoms with E-state index in [0.29, 0.717) is 50.4 Å². The van der Waals surface area contributed by atoms with Gasteiger partial charge in [0.05, 0.1) is 10.7 Å². The second-order valence-corrected chi connectivity index (χ2v) is 8.09. The number of likely N-dealkylation sites (tertiary alicyclic amines) is 1. The molecule has 2 aromatic rings. The summed E-state index contributed by atoms with van der Waals surface area (Å²) < 4.78 is 5.79. The van der Waals surface area contributed by atoms with Crippen molar-refractivity contribution in [1.82, 2.24) is 15.2 Å². The van der Waals surface area contributed by atoms with Crippen LogP contribution < -0.4 is 10.1 Å². The summed E-state index contributed by atoms with van der Waals surface area (Å²) in [5.41, 5.74) is 1.50. The number of amides is 2. The Morgan fingerprint density at radius 3 is 2.79 bits per heavy atom. The smallest absolute Gasteiger partial charge is 0.253 e. The van der Waals surface area contributed by atoms with Crippen molar-refractivity contribution in [3.05, 3.63) is 45.9 Å². The van der Waals surface area contributed by atoms with Gasteiger partial charge in [0.25, 0.3) is 5.91 Å². The number of carbonyl (C=O) groups excluding carboxylic acids is 2. The number of rotatable bonds is 7. The van der Waals surface area contributed by atoms with E-state index in [4.69, 9.17) is 4.74 Å². The monoisotopic (exact) mass is 401 g/mol. The molecule has 0 bridgehead atoms. The lowest BCUT2D eigenvalue weighted by Gasteiger charge is -2.31. The van der Waals surface area contributed by atoms with E-state index in [2.05, 4.69) is 10.3 Å². The molecule has 2 heterocycles. The largest absolute Gasteiger partial charge is 0.487 e. The van der Waals surface area contributed by atoms with Crippen LogP contribution in [0.5, 0.6) is 5.75 Å². The van der Waals surface area contributed by atoms with Gasteiger partial charge < -0.3 is 15.0 Å². The Labute approximate surface area is 169 Å². The van der Waals surface area contributed by atoms with Crippen molar-refractivity contribution in [3.63, 3.8) is 0 Å². The number of hydrogen-bond donors (Lipinski definition) is 1. The molecule has 0 unspecified atom stereocenters. The molecule has 0 spiro atoms. The topological polar surface area (TPSA) is 71.5 Å². The molecule has 1 aromatic carbocycles. The van der Waals surface area contributed by atoms with Gasteiger partial charge in [0.1, 0.15) is 12.4 Å². The molecule has 28 heavy (non-hydrogen) atoms. The van der Waals surface area contributed by atoms with Gasteiger partial charge in [-0.25, -0.2) is 4.98 Å². The molecule has 0 radical (unpaired) electrons. The van der Waals surface area contributed by atoms with Crippen LogP contribution in [0.3, 0.4) is 0 Å². The zero-order valence-electron chi connectivity index (χ0n) is 16.4. The predicted molar refractivity (Wildman–Crippen MR) is 110 cm³/mol. The Hall–Kier alpha value is -2.41. The SMILES string of the molecule is CCCNC(=O)C1CCN(C(=O)c2cccc(OCc3csc(C)n3)c2)CC1. The van der Waals surface area contributed by atoms with Crippen LogP contribution in [0.1, 0.15) is 47.2 Å². The summed E-state index contributed by atoms with van der Waals surface area (Å²) in [7, 11) is 0. The fourth-order valence-corrected chi connectivity index (χ4v) is 3.87. The van der Waals surface area contributed by atoms with Gasteiger partial charge in [0.15, 0.2) is 0 Å². The van der Waals surface area contributed by atoms with E-state index in [9.17, 15) is 9.59 Å². The van der Waals surface area contributed by atoms with Crippen LogP contribution in [0.4, 0.5) is 0 Å². The first-order chi connectivity index (χ1) is 13.6. The molecule has 1 N–H and O–H groups in total. The maximum Gasteiger partial charge on any atom is 0.253 e. The molecule has 1 aliphatic heterocycles. The highest BCUT2D eigenvalue weighted by atomic mass is 32.1. The Kier molecular flexibility index (Phi) is 7.03. The van der Waals surface area contributed by atoms with Gasteiger partial charge >= 0.3 is 0 Å². The zero-order valence-corrected chi connectivity index (χ0v) is 17.3. The average molecular weight is 402 g/mol. The third kappa shape index (κ3) is 5.32. The van der Waals surface area contributed by atoms with Crippen molar-refractivity contribution in [3.8, 4) is 5.75 Å². The van der Waals surface area contributed by atoms with Crippen molar-refractivity contribution in [2.24, 2.45) is 5.92 Å². The van der Waals surface area contributed by atoms with Crippen LogP contribution in [0.25, 0.3) is 0 Å². The minimum absolute atomic E-state index is 0.00633. The fourth-order valence-electron chi connectivity index (χ4n) is 3.27. The van der Waals surface area contributed by atoms with Crippen molar-refractivity contribution >= 4 is 23.2 Å². The van der Waals surface area contributed by atoms with Gasteiger partial charge in [-0.1, -0.05) is 13.0 Å². The number of aryl methyl sites for hydroxylation is 1. The molecule has 3 rings (SSSR count). The molecule has 0 aliphatic carbocycles. The summed E-state index contributed by atoms with van der Waals surface area (Å²) in [5, 5.41) is 5.94. The van der Waals surface area contributed by atoms with E-state index in [-0.39, 0.29) is 17.7 Å². The lowest BCUT2D eigenvalue weighted by atomic mass is 9.95. The summed E-state index contributed by atoms with van der Waals surface area (Å²) >= 11 is 1.59. The molecule has 0 atom stereocenters. The molecule has 1 saturated heterocycles. The van der Waals surface area contributed by atoms with Crippen LogP contribution >= 0.6 is 11.3 Å². The normalized spacial score (nSPS) is 14.7. The maximum atomic E-state index is 12.8. The molecule has 150 valence electrons. The highest BCUT2D eigenvalue weighted by molar-refractivity contribution is 7.09. The molecule has 0 saturated carbocycles. The van der Waals surface area contributed by atoms with Crippen molar-refractivity contribution in [2.45, 2.75) is 39.7 Å². The predicted octanol–water partition coefficient (Wildman–Crippen LogP) is 3.41. The second-order valence-electron chi connectivity index (χ2n) is 7.03. The first kappa shape index (κ1) is 20.3. The summed E-state index contributed by atoms with van der Waals surface area (Å²) in [6, 6.07) is 7.27. The van der Waals surface area contributed by atoms with Crippen LogP contribution in [-0.4, -0.2) is 41.3 Å². The number of benzene rings is 1. The van der Waals surface area contributed by atoms with E-state index in [1.54, 1.807) is 17.4 Å². The fraction of sp³-hybridized carbons (Fsp3) is 0.476. The van der Waals surface area contributed by atoms with E-state index in [1.165, 1.54) is 0 Å². The molecular weight excluding hydrogens is 374 g/mol. The van der Waals surface area contributed by atoms with Crippen molar-refractivity contribution in [1.29, 1.82) is 0 Å². The van der Waals surface area contributed by atoms with Crippen molar-refractivity contribution < 1.29 is 14.3 Å². The van der Waals surface area contributed by atoms with Crippen LogP contribution in [0, 0.1) is 12.8 Å². The number of aromatic nitrogens is 1. The number of piperidine rings is 1. The molecule has 1 aliphatic rings. The third-order valence-corrected chi connectivity index (χ3v) is 5.66. The lowest BCUT2D eigenvalue weighted by molar-refractivity contribution is -0.126. The molecule has 6 nitrogen and oxygen atoms in total. The number of thiazole rings is 1. The molecule has 2 amide bonds. The Bertz CT molecular complexity index is 813. The molecule has 7 heteroatoms. The molecule has 1 fully saturated rings. The molecular formula is C21H27N3O3S. The minimum atomic E-state index is -0.0117. The van der Waals surface area contributed by atoms with Gasteiger partial charge in [-0.2, -0.15) is 0 Å². The number of ether oxygens (including phenoxy) is 1.